The Balaban J connectivity index is 1.58. The highest BCUT2D eigenvalue weighted by Gasteiger charge is 2.18. The molecule has 4 aromatic rings. The molecule has 5 rings (SSSR count). The van der Waals surface area contributed by atoms with Crippen molar-refractivity contribution in [3.05, 3.63) is 93.6 Å². The molecule has 1 aromatic heterocycles. The number of aromatic nitrogens is 1. The number of hydrogen-bond acceptors (Lipinski definition) is 4. The zero-order valence-corrected chi connectivity index (χ0v) is 19.5. The van der Waals surface area contributed by atoms with Gasteiger partial charge in [-0.3, -0.25) is 4.79 Å². The molecule has 5 nitrogen and oxygen atoms in total. The van der Waals surface area contributed by atoms with E-state index < -0.39 is 0 Å². The molecule has 0 bridgehead atoms. The van der Waals surface area contributed by atoms with E-state index in [0.29, 0.717) is 11.4 Å². The predicted molar refractivity (Wildman–Crippen MR) is 133 cm³/mol. The normalized spacial score (nSPS) is 13.4. The van der Waals surface area contributed by atoms with Crippen LogP contribution in [0.4, 0.5) is 11.4 Å². The molecule has 2 heterocycles. The van der Waals surface area contributed by atoms with Crippen LogP contribution in [0, 0.1) is 13.8 Å². The molecule has 0 spiro atoms. The Bertz CT molecular complexity index is 1390. The number of anilines is 1. The molecule has 1 aliphatic heterocycles. The summed E-state index contributed by atoms with van der Waals surface area (Å²) >= 11 is 1.63. The summed E-state index contributed by atoms with van der Waals surface area (Å²) in [5.74, 6) is 0.567. The summed E-state index contributed by atoms with van der Waals surface area (Å²) < 4.78 is 7.80. The van der Waals surface area contributed by atoms with E-state index in [1.54, 1.807) is 11.3 Å². The van der Waals surface area contributed by atoms with E-state index in [0.717, 1.165) is 40.3 Å². The maximum absolute atomic E-state index is 11.8. The van der Waals surface area contributed by atoms with E-state index >= 15 is 0 Å². The number of benzene rings is 3. The SMILES string of the molecule is Cc1ccc(N=c2scc(-c3ccc4c(c3)NC(=O)CO4)n2CCc2ccccc2)c(C)c1. The predicted octanol–water partition coefficient (Wildman–Crippen LogP) is 5.64. The van der Waals surface area contributed by atoms with Crippen LogP contribution in [0.5, 0.6) is 5.75 Å². The summed E-state index contributed by atoms with van der Waals surface area (Å²) in [5, 5.41) is 5.05. The van der Waals surface area contributed by atoms with Gasteiger partial charge >= 0.3 is 0 Å². The number of fused-ring (bicyclic) bond motifs is 1. The third-order valence-corrected chi connectivity index (χ3v) is 6.60. The van der Waals surface area contributed by atoms with Crippen molar-refractivity contribution in [2.45, 2.75) is 26.8 Å². The average Bonchev–Trinajstić information content (AvgIpc) is 3.22. The van der Waals surface area contributed by atoms with Gasteiger partial charge in [0.1, 0.15) is 5.75 Å². The first kappa shape index (κ1) is 21.2. The summed E-state index contributed by atoms with van der Waals surface area (Å²) in [5.41, 5.74) is 7.45. The fraction of sp³-hybridized carbons (Fsp3) is 0.185. The highest BCUT2D eigenvalue weighted by molar-refractivity contribution is 7.07. The third kappa shape index (κ3) is 4.61. The number of thiazole rings is 1. The van der Waals surface area contributed by atoms with E-state index in [1.165, 1.54) is 11.1 Å². The van der Waals surface area contributed by atoms with E-state index in [4.69, 9.17) is 9.73 Å². The fourth-order valence-corrected chi connectivity index (χ4v) is 4.98. The lowest BCUT2D eigenvalue weighted by Crippen LogP contribution is -2.25. The van der Waals surface area contributed by atoms with Crippen molar-refractivity contribution in [3.63, 3.8) is 0 Å². The van der Waals surface area contributed by atoms with Gasteiger partial charge in [0.15, 0.2) is 11.4 Å². The maximum Gasteiger partial charge on any atom is 0.262 e. The minimum atomic E-state index is -0.132. The number of nitrogens with one attached hydrogen (secondary N) is 1. The minimum Gasteiger partial charge on any atom is -0.482 e. The lowest BCUT2D eigenvalue weighted by atomic mass is 10.1. The summed E-state index contributed by atoms with van der Waals surface area (Å²) in [4.78, 5) is 17.8. The molecule has 6 heteroatoms. The van der Waals surface area contributed by atoms with Crippen LogP contribution in [0.1, 0.15) is 16.7 Å². The van der Waals surface area contributed by atoms with Crippen molar-refractivity contribution in [3.8, 4) is 17.0 Å². The zero-order chi connectivity index (χ0) is 22.8. The molecule has 1 N–H and O–H groups in total. The van der Waals surface area contributed by atoms with Crippen LogP contribution >= 0.6 is 11.3 Å². The molecule has 0 saturated carbocycles. The van der Waals surface area contributed by atoms with Gasteiger partial charge in [0, 0.05) is 17.5 Å². The van der Waals surface area contributed by atoms with E-state index in [-0.39, 0.29) is 12.5 Å². The molecule has 166 valence electrons. The van der Waals surface area contributed by atoms with Crippen LogP contribution < -0.4 is 14.9 Å². The van der Waals surface area contributed by atoms with Gasteiger partial charge in [-0.15, -0.1) is 11.3 Å². The number of hydrogen-bond donors (Lipinski definition) is 1. The van der Waals surface area contributed by atoms with Crippen molar-refractivity contribution in [2.24, 2.45) is 4.99 Å². The first-order valence-corrected chi connectivity index (χ1v) is 11.9. The van der Waals surface area contributed by atoms with Crippen molar-refractivity contribution < 1.29 is 9.53 Å². The van der Waals surface area contributed by atoms with E-state index in [1.807, 2.05) is 24.3 Å². The Morgan fingerprint density at radius 3 is 2.73 bits per heavy atom. The highest BCUT2D eigenvalue weighted by Crippen LogP contribution is 2.33. The second-order valence-corrected chi connectivity index (χ2v) is 9.08. The van der Waals surface area contributed by atoms with Gasteiger partial charge in [-0.05, 0) is 55.7 Å². The van der Waals surface area contributed by atoms with Gasteiger partial charge in [-0.25, -0.2) is 4.99 Å². The molecule has 0 unspecified atom stereocenters. The largest absolute Gasteiger partial charge is 0.482 e. The van der Waals surface area contributed by atoms with Crippen LogP contribution in [0.2, 0.25) is 0 Å². The summed E-state index contributed by atoms with van der Waals surface area (Å²) in [6.45, 7) is 5.05. The van der Waals surface area contributed by atoms with E-state index in [2.05, 4.69) is 71.6 Å². The third-order valence-electron chi connectivity index (χ3n) is 5.74. The first-order chi connectivity index (χ1) is 16.1. The van der Waals surface area contributed by atoms with Crippen LogP contribution in [0.25, 0.3) is 11.3 Å². The molecule has 0 aliphatic carbocycles. The van der Waals surface area contributed by atoms with Gasteiger partial charge in [0.25, 0.3) is 5.91 Å². The standard InChI is InChI=1S/C27H25N3O2S/c1-18-8-10-22(19(2)14-18)29-27-30(13-12-20-6-4-3-5-7-20)24(17-33-27)21-9-11-25-23(15-21)28-26(31)16-32-25/h3-11,14-15,17H,12-13,16H2,1-2H3,(H,28,31). The Hall–Kier alpha value is -3.64. The van der Waals surface area contributed by atoms with Gasteiger partial charge in [-0.1, -0.05) is 48.0 Å². The highest BCUT2D eigenvalue weighted by atomic mass is 32.1. The first-order valence-electron chi connectivity index (χ1n) is 11.0. The van der Waals surface area contributed by atoms with Crippen molar-refractivity contribution in [1.29, 1.82) is 0 Å². The number of carbonyl (C=O) groups excluding carboxylic acids is 1. The summed E-state index contributed by atoms with van der Waals surface area (Å²) in [6, 6.07) is 22.8. The van der Waals surface area contributed by atoms with Gasteiger partial charge < -0.3 is 14.6 Å². The van der Waals surface area contributed by atoms with Crippen LogP contribution in [-0.2, 0) is 17.8 Å². The zero-order valence-electron chi connectivity index (χ0n) is 18.7. The summed E-state index contributed by atoms with van der Waals surface area (Å²) in [6.07, 6.45) is 0.898. The molecule has 0 fully saturated rings. The number of rotatable bonds is 5. The fourth-order valence-electron chi connectivity index (χ4n) is 4.03. The lowest BCUT2D eigenvalue weighted by Gasteiger charge is -2.19. The lowest BCUT2D eigenvalue weighted by molar-refractivity contribution is -0.118. The summed E-state index contributed by atoms with van der Waals surface area (Å²) in [7, 11) is 0. The second kappa shape index (κ2) is 9.08. The molecular weight excluding hydrogens is 430 g/mol. The molecule has 1 amide bonds. The van der Waals surface area contributed by atoms with Crippen molar-refractivity contribution in [2.75, 3.05) is 11.9 Å². The topological polar surface area (TPSA) is 55.6 Å². The number of carbonyl (C=O) groups is 1. The van der Waals surface area contributed by atoms with Crippen LogP contribution in [-0.4, -0.2) is 17.1 Å². The Morgan fingerprint density at radius 1 is 1.06 bits per heavy atom. The Morgan fingerprint density at radius 2 is 1.91 bits per heavy atom. The molecular formula is C27H25N3O2S. The molecule has 0 radical (unpaired) electrons. The molecule has 0 saturated heterocycles. The second-order valence-electron chi connectivity index (χ2n) is 8.24. The van der Waals surface area contributed by atoms with E-state index in [9.17, 15) is 4.79 Å². The van der Waals surface area contributed by atoms with Crippen LogP contribution in [0.3, 0.4) is 0 Å². The maximum atomic E-state index is 11.8. The number of nitrogens with zero attached hydrogens (tertiary/aromatic N) is 2. The number of amides is 1. The molecule has 1 aliphatic rings. The van der Waals surface area contributed by atoms with Gasteiger partial charge in [0.05, 0.1) is 17.1 Å². The Labute approximate surface area is 197 Å². The van der Waals surface area contributed by atoms with Crippen molar-refractivity contribution >= 4 is 28.6 Å². The van der Waals surface area contributed by atoms with Gasteiger partial charge in [-0.2, -0.15) is 0 Å². The quantitative estimate of drug-likeness (QED) is 0.423. The number of ether oxygens (including phenoxy) is 1. The minimum absolute atomic E-state index is 0.0564. The smallest absolute Gasteiger partial charge is 0.262 e. The monoisotopic (exact) mass is 455 g/mol. The molecule has 33 heavy (non-hydrogen) atoms. The van der Waals surface area contributed by atoms with Gasteiger partial charge in [0.2, 0.25) is 0 Å². The Kier molecular flexibility index (Phi) is 5.84. The molecule has 3 aromatic carbocycles. The van der Waals surface area contributed by atoms with Crippen molar-refractivity contribution in [1.82, 2.24) is 4.57 Å². The van der Waals surface area contributed by atoms with Crippen LogP contribution in [0.15, 0.2) is 77.1 Å². The average molecular weight is 456 g/mol. The number of aryl methyl sites for hydroxylation is 3. The molecule has 0 atom stereocenters.